The molecule has 0 aromatic rings. The molecule has 0 aromatic heterocycles. The van der Waals surface area contributed by atoms with Gasteiger partial charge < -0.3 is 4.90 Å². The Morgan fingerprint density at radius 3 is 2.80 bits per heavy atom. The van der Waals surface area contributed by atoms with E-state index >= 15 is 0 Å². The largest absolute Gasteiger partial charge is 0.374 e. The van der Waals surface area contributed by atoms with Crippen molar-refractivity contribution < 1.29 is 0 Å². The topological polar surface area (TPSA) is 3.24 Å². The first-order chi connectivity index (χ1) is 4.84. The summed E-state index contributed by atoms with van der Waals surface area (Å²) in [6, 6.07) is 0.929. The summed E-state index contributed by atoms with van der Waals surface area (Å²) < 4.78 is 0. The third kappa shape index (κ3) is 0.582. The van der Waals surface area contributed by atoms with E-state index in [-0.39, 0.29) is 0 Å². The van der Waals surface area contributed by atoms with Crippen LogP contribution in [-0.4, -0.2) is 18.0 Å². The molecule has 2 atom stereocenters. The first-order valence-electron chi connectivity index (χ1n) is 4.27. The zero-order valence-electron chi connectivity index (χ0n) is 6.80. The van der Waals surface area contributed by atoms with Crippen molar-refractivity contribution in [3.05, 3.63) is 11.8 Å². The van der Waals surface area contributed by atoms with Crippen molar-refractivity contribution >= 4 is 0 Å². The summed E-state index contributed by atoms with van der Waals surface area (Å²) in [5.74, 6) is 0.963. The lowest BCUT2D eigenvalue weighted by atomic mass is 9.68. The molecule has 0 aromatic carbocycles. The predicted molar refractivity (Wildman–Crippen MR) is 42.6 cm³/mol. The van der Waals surface area contributed by atoms with Gasteiger partial charge in [-0.05, 0) is 19.3 Å². The summed E-state index contributed by atoms with van der Waals surface area (Å²) in [5, 5.41) is 0. The molecule has 0 radical (unpaired) electrons. The van der Waals surface area contributed by atoms with Crippen molar-refractivity contribution in [2.24, 2.45) is 5.92 Å². The highest BCUT2D eigenvalue weighted by atomic mass is 15.2. The fraction of sp³-hybridized carbons (Fsp3) is 0.778. The molecule has 1 saturated heterocycles. The van der Waals surface area contributed by atoms with E-state index in [4.69, 9.17) is 0 Å². The molecule has 1 aliphatic heterocycles. The van der Waals surface area contributed by atoms with Crippen LogP contribution in [0.3, 0.4) is 0 Å². The zero-order chi connectivity index (χ0) is 7.14. The fourth-order valence-electron chi connectivity index (χ4n) is 2.17. The molecular formula is C9H15N. The quantitative estimate of drug-likeness (QED) is 0.534. The van der Waals surface area contributed by atoms with Crippen LogP contribution >= 0.6 is 0 Å². The third-order valence-electron chi connectivity index (χ3n) is 2.94. The molecule has 1 aliphatic carbocycles. The predicted octanol–water partition coefficient (Wildman–Crippen LogP) is 2.00. The second-order valence-electron chi connectivity index (χ2n) is 3.40. The first kappa shape index (κ1) is 6.26. The minimum atomic E-state index is 0.929. The second kappa shape index (κ2) is 2.01. The van der Waals surface area contributed by atoms with Gasteiger partial charge in [0, 0.05) is 24.7 Å². The van der Waals surface area contributed by atoms with Crippen LogP contribution in [0.4, 0.5) is 0 Å². The average molecular weight is 137 g/mol. The average Bonchev–Trinajstić information content (AvgIpc) is 1.85. The van der Waals surface area contributed by atoms with Gasteiger partial charge in [-0.15, -0.1) is 0 Å². The normalized spacial score (nSPS) is 40.6. The number of likely N-dealkylation sites (tertiary alicyclic amines) is 1. The molecule has 1 saturated carbocycles. The monoisotopic (exact) mass is 137 g/mol. The third-order valence-corrected chi connectivity index (χ3v) is 2.94. The van der Waals surface area contributed by atoms with Gasteiger partial charge in [-0.3, -0.25) is 0 Å². The number of hydrogen-bond donors (Lipinski definition) is 0. The molecule has 1 heteroatoms. The van der Waals surface area contributed by atoms with E-state index in [1.807, 2.05) is 0 Å². The fourth-order valence-corrected chi connectivity index (χ4v) is 2.17. The molecule has 1 nitrogen and oxygen atoms in total. The van der Waals surface area contributed by atoms with E-state index in [0.29, 0.717) is 0 Å². The number of fused-ring (bicyclic) bond motifs is 1. The van der Waals surface area contributed by atoms with Crippen LogP contribution < -0.4 is 0 Å². The lowest BCUT2D eigenvalue weighted by Crippen LogP contribution is -2.57. The molecule has 1 heterocycles. The van der Waals surface area contributed by atoms with E-state index in [1.54, 1.807) is 5.70 Å². The summed E-state index contributed by atoms with van der Waals surface area (Å²) in [4.78, 5) is 2.44. The van der Waals surface area contributed by atoms with Crippen molar-refractivity contribution in [2.45, 2.75) is 32.2 Å². The van der Waals surface area contributed by atoms with Gasteiger partial charge in [0.2, 0.25) is 0 Å². The first-order valence-corrected chi connectivity index (χ1v) is 4.27. The van der Waals surface area contributed by atoms with Crippen LogP contribution in [-0.2, 0) is 0 Å². The minimum Gasteiger partial charge on any atom is -0.374 e. The van der Waals surface area contributed by atoms with Crippen LogP contribution in [0.15, 0.2) is 11.8 Å². The van der Waals surface area contributed by atoms with Gasteiger partial charge in [0.15, 0.2) is 0 Å². The lowest BCUT2D eigenvalue weighted by Gasteiger charge is -2.57. The van der Waals surface area contributed by atoms with Gasteiger partial charge in [-0.1, -0.05) is 13.0 Å². The van der Waals surface area contributed by atoms with Crippen LogP contribution in [0.25, 0.3) is 0 Å². The highest BCUT2D eigenvalue weighted by molar-refractivity contribution is 5.23. The number of rotatable bonds is 1. The number of hydrogen-bond acceptors (Lipinski definition) is 1. The molecular weight excluding hydrogens is 122 g/mol. The van der Waals surface area contributed by atoms with Gasteiger partial charge in [0.1, 0.15) is 0 Å². The van der Waals surface area contributed by atoms with Crippen molar-refractivity contribution in [2.75, 3.05) is 7.05 Å². The van der Waals surface area contributed by atoms with Crippen molar-refractivity contribution in [1.82, 2.24) is 4.90 Å². The smallest absolute Gasteiger partial charge is 0.0366 e. The lowest BCUT2D eigenvalue weighted by molar-refractivity contribution is 0.0216. The van der Waals surface area contributed by atoms with Crippen LogP contribution in [0, 0.1) is 5.92 Å². The van der Waals surface area contributed by atoms with Gasteiger partial charge in [-0.25, -0.2) is 0 Å². The Kier molecular flexibility index (Phi) is 1.26. The molecule has 0 amide bonds. The standard InChI is InChI=1S/C9H15N/c1-3-4-8-7-5-6-9(7)10(8)2/h4,7,9H,3,5-6H2,1-2H3. The Morgan fingerprint density at radius 2 is 2.40 bits per heavy atom. The molecule has 2 fully saturated rings. The summed E-state index contributed by atoms with van der Waals surface area (Å²) >= 11 is 0. The summed E-state index contributed by atoms with van der Waals surface area (Å²) in [6.45, 7) is 2.22. The second-order valence-corrected chi connectivity index (χ2v) is 3.40. The summed E-state index contributed by atoms with van der Waals surface area (Å²) in [6.07, 6.45) is 6.45. The molecule has 2 unspecified atom stereocenters. The molecule has 0 bridgehead atoms. The highest BCUT2D eigenvalue weighted by Gasteiger charge is 2.46. The SMILES string of the molecule is CCC=C1C2CCC2N1C. The summed E-state index contributed by atoms with van der Waals surface area (Å²) in [5.41, 5.74) is 1.61. The highest BCUT2D eigenvalue weighted by Crippen LogP contribution is 2.48. The Hall–Kier alpha value is -0.460. The van der Waals surface area contributed by atoms with E-state index in [9.17, 15) is 0 Å². The van der Waals surface area contributed by atoms with E-state index < -0.39 is 0 Å². The van der Waals surface area contributed by atoms with E-state index in [2.05, 4.69) is 24.9 Å². The maximum atomic E-state index is 2.44. The van der Waals surface area contributed by atoms with E-state index in [1.165, 1.54) is 19.3 Å². The summed E-state index contributed by atoms with van der Waals surface area (Å²) in [7, 11) is 2.22. The van der Waals surface area contributed by atoms with Crippen molar-refractivity contribution in [1.29, 1.82) is 0 Å². The van der Waals surface area contributed by atoms with Crippen LogP contribution in [0.1, 0.15) is 26.2 Å². The number of piperidine rings is 1. The Morgan fingerprint density at radius 1 is 1.60 bits per heavy atom. The maximum Gasteiger partial charge on any atom is 0.0366 e. The molecule has 2 rings (SSSR count). The number of allylic oxidation sites excluding steroid dienone is 1. The van der Waals surface area contributed by atoms with Gasteiger partial charge >= 0.3 is 0 Å². The van der Waals surface area contributed by atoms with Crippen molar-refractivity contribution in [3.63, 3.8) is 0 Å². The molecule has 0 N–H and O–H groups in total. The Balaban J connectivity index is 2.05. The number of nitrogens with zero attached hydrogens (tertiary/aromatic N) is 1. The maximum absolute atomic E-state index is 2.44. The van der Waals surface area contributed by atoms with Crippen molar-refractivity contribution in [3.8, 4) is 0 Å². The Labute approximate surface area is 62.7 Å². The zero-order valence-corrected chi connectivity index (χ0v) is 6.80. The van der Waals surface area contributed by atoms with Crippen LogP contribution in [0.5, 0.6) is 0 Å². The van der Waals surface area contributed by atoms with Gasteiger partial charge in [-0.2, -0.15) is 0 Å². The van der Waals surface area contributed by atoms with Crippen LogP contribution in [0.2, 0.25) is 0 Å². The minimum absolute atomic E-state index is 0.929. The van der Waals surface area contributed by atoms with E-state index in [0.717, 1.165) is 12.0 Å². The molecule has 10 heavy (non-hydrogen) atoms. The Bertz CT molecular complexity index is 164. The van der Waals surface area contributed by atoms with Gasteiger partial charge in [0.25, 0.3) is 0 Å². The molecule has 56 valence electrons. The molecule has 2 aliphatic rings. The van der Waals surface area contributed by atoms with Gasteiger partial charge in [0.05, 0.1) is 0 Å². The molecule has 0 spiro atoms.